The van der Waals surface area contributed by atoms with Gasteiger partial charge in [0, 0.05) is 5.92 Å². The number of alkyl halides is 2. The molecule has 1 saturated carbocycles. The van der Waals surface area contributed by atoms with Gasteiger partial charge in [-0.15, -0.1) is 0 Å². The van der Waals surface area contributed by atoms with Crippen molar-refractivity contribution in [3.63, 3.8) is 0 Å². The summed E-state index contributed by atoms with van der Waals surface area (Å²) < 4.78 is 40.6. The fourth-order valence-electron chi connectivity index (χ4n) is 2.27. The molecule has 7 heteroatoms. The Labute approximate surface area is 103 Å². The smallest absolute Gasteiger partial charge is 0.264 e. The molecule has 1 aliphatic carbocycles. The van der Waals surface area contributed by atoms with Crippen LogP contribution in [0.5, 0.6) is 0 Å². The first kappa shape index (κ1) is 11.4. The third-order valence-electron chi connectivity index (χ3n) is 3.24. The van der Waals surface area contributed by atoms with E-state index in [9.17, 15) is 13.2 Å². The van der Waals surface area contributed by atoms with Crippen molar-refractivity contribution in [2.24, 2.45) is 5.92 Å². The van der Waals surface area contributed by atoms with Gasteiger partial charge in [0.15, 0.2) is 5.54 Å². The molecular weight excluding hydrogens is 301 g/mol. The highest BCUT2D eigenvalue weighted by molar-refractivity contribution is 9.10. The summed E-state index contributed by atoms with van der Waals surface area (Å²) in [5.41, 5.74) is 0.174. The van der Waals surface area contributed by atoms with Gasteiger partial charge in [-0.2, -0.15) is 5.48 Å². The number of rotatable bonds is 2. The second kappa shape index (κ2) is 3.66. The summed E-state index contributed by atoms with van der Waals surface area (Å²) >= 11 is 3.06. The summed E-state index contributed by atoms with van der Waals surface area (Å²) in [5.74, 6) is -1.17. The summed E-state index contributed by atoms with van der Waals surface area (Å²) in [4.78, 5) is 8.85. The molecule has 2 aliphatic rings. The topological polar surface area (TPSA) is 34.2 Å². The molecule has 0 radical (unpaired) electrons. The fraction of sp³-hybridized carbons (Fsp3) is 0.500. The van der Waals surface area contributed by atoms with Crippen LogP contribution in [0.2, 0.25) is 0 Å². The minimum Gasteiger partial charge on any atom is -0.297 e. The van der Waals surface area contributed by atoms with Crippen LogP contribution in [0, 0.1) is 11.7 Å². The third-order valence-corrected chi connectivity index (χ3v) is 3.69. The maximum atomic E-state index is 13.7. The summed E-state index contributed by atoms with van der Waals surface area (Å²) in [6.07, 6.45) is -2.54. The van der Waals surface area contributed by atoms with Crippen LogP contribution in [-0.4, -0.2) is 17.5 Å². The highest BCUT2D eigenvalue weighted by Gasteiger charge is 2.67. The molecule has 3 rings (SSSR count). The van der Waals surface area contributed by atoms with E-state index < -0.39 is 23.7 Å². The van der Waals surface area contributed by atoms with Gasteiger partial charge in [0.25, 0.3) is 6.43 Å². The molecule has 0 amide bonds. The zero-order valence-corrected chi connectivity index (χ0v) is 10.0. The zero-order chi connectivity index (χ0) is 12.2. The number of fused-ring (bicyclic) bond motifs is 1. The fourth-order valence-corrected chi connectivity index (χ4v) is 2.58. The summed E-state index contributed by atoms with van der Waals surface area (Å²) in [6, 6.07) is 2.49. The van der Waals surface area contributed by atoms with Crippen LogP contribution >= 0.6 is 15.9 Å². The minimum absolute atomic E-state index is 0.260. The Morgan fingerprint density at radius 3 is 2.82 bits per heavy atom. The van der Waals surface area contributed by atoms with E-state index in [2.05, 4.69) is 26.4 Å². The van der Waals surface area contributed by atoms with E-state index in [1.807, 2.05) is 0 Å². The van der Waals surface area contributed by atoms with Gasteiger partial charge in [-0.25, -0.2) is 18.2 Å². The van der Waals surface area contributed by atoms with Crippen LogP contribution in [0.4, 0.5) is 13.2 Å². The molecule has 1 aromatic rings. The van der Waals surface area contributed by atoms with Crippen LogP contribution in [0.25, 0.3) is 0 Å². The van der Waals surface area contributed by atoms with E-state index in [-0.39, 0.29) is 11.8 Å². The van der Waals surface area contributed by atoms with E-state index in [0.29, 0.717) is 11.0 Å². The SMILES string of the molecule is Fc1ccc(Br)nc1[C@@]1(C(F)F)NO[C@@H]2C[C@@H]21. The Morgan fingerprint density at radius 2 is 2.29 bits per heavy atom. The quantitative estimate of drug-likeness (QED) is 0.852. The predicted molar refractivity (Wildman–Crippen MR) is 55.7 cm³/mol. The highest BCUT2D eigenvalue weighted by Crippen LogP contribution is 2.55. The predicted octanol–water partition coefficient (Wildman–Crippen LogP) is 2.37. The molecule has 1 N–H and O–H groups in total. The molecular formula is C10H8BrF3N2O. The van der Waals surface area contributed by atoms with Crippen molar-refractivity contribution in [3.8, 4) is 0 Å². The lowest BCUT2D eigenvalue weighted by Gasteiger charge is -2.29. The molecule has 0 aromatic carbocycles. The first-order valence-corrected chi connectivity index (χ1v) is 5.88. The molecule has 0 unspecified atom stereocenters. The Kier molecular flexibility index (Phi) is 2.46. The highest BCUT2D eigenvalue weighted by atomic mass is 79.9. The number of hydrogen-bond donors (Lipinski definition) is 1. The van der Waals surface area contributed by atoms with Gasteiger partial charge in [-0.3, -0.25) is 4.84 Å². The Bertz CT molecular complexity index is 473. The van der Waals surface area contributed by atoms with E-state index in [1.165, 1.54) is 6.07 Å². The molecule has 1 saturated heterocycles. The van der Waals surface area contributed by atoms with E-state index in [4.69, 9.17) is 4.84 Å². The van der Waals surface area contributed by atoms with Crippen LogP contribution < -0.4 is 5.48 Å². The molecule has 2 heterocycles. The van der Waals surface area contributed by atoms with Crippen molar-refractivity contribution in [2.75, 3.05) is 0 Å². The van der Waals surface area contributed by atoms with Crippen molar-refractivity contribution in [1.82, 2.24) is 10.5 Å². The lowest BCUT2D eigenvalue weighted by atomic mass is 9.90. The van der Waals surface area contributed by atoms with Gasteiger partial charge in [0.1, 0.15) is 16.1 Å². The first-order chi connectivity index (χ1) is 8.05. The van der Waals surface area contributed by atoms with Crippen LogP contribution in [0.3, 0.4) is 0 Å². The van der Waals surface area contributed by atoms with E-state index in [0.717, 1.165) is 6.07 Å². The normalized spacial score (nSPS) is 35.1. The van der Waals surface area contributed by atoms with Crippen LogP contribution in [0.15, 0.2) is 16.7 Å². The number of aromatic nitrogens is 1. The molecule has 92 valence electrons. The lowest BCUT2D eigenvalue weighted by molar-refractivity contribution is -0.0587. The molecule has 0 bridgehead atoms. The van der Waals surface area contributed by atoms with E-state index in [1.54, 1.807) is 0 Å². The zero-order valence-electron chi connectivity index (χ0n) is 8.46. The second-order valence-electron chi connectivity index (χ2n) is 4.23. The Hall–Kier alpha value is -0.660. The molecule has 2 fully saturated rings. The van der Waals surface area contributed by atoms with Gasteiger partial charge < -0.3 is 0 Å². The number of hydroxylamine groups is 1. The van der Waals surface area contributed by atoms with Crippen LogP contribution in [-0.2, 0) is 10.4 Å². The molecule has 3 nitrogen and oxygen atoms in total. The van der Waals surface area contributed by atoms with Gasteiger partial charge in [-0.1, -0.05) is 0 Å². The molecule has 3 atom stereocenters. The van der Waals surface area contributed by atoms with Gasteiger partial charge in [0.2, 0.25) is 0 Å². The Balaban J connectivity index is 2.13. The van der Waals surface area contributed by atoms with Crippen molar-refractivity contribution in [1.29, 1.82) is 0 Å². The van der Waals surface area contributed by atoms with Crippen molar-refractivity contribution >= 4 is 15.9 Å². The number of nitrogens with zero attached hydrogens (tertiary/aromatic N) is 1. The van der Waals surface area contributed by atoms with Crippen LogP contribution in [0.1, 0.15) is 12.1 Å². The lowest BCUT2D eigenvalue weighted by Crippen LogP contribution is -2.48. The Morgan fingerprint density at radius 1 is 1.53 bits per heavy atom. The maximum Gasteiger partial charge on any atom is 0.264 e. The summed E-state index contributed by atoms with van der Waals surface area (Å²) in [7, 11) is 0. The standard InChI is InChI=1S/C10H8BrF3N2O/c11-7-2-1-5(12)8(15-7)10(9(13)14)4-3-6(4)17-16-10/h1-2,4,6,9,16H,3H2/t4-,6+,10-/m0/s1. The van der Waals surface area contributed by atoms with E-state index >= 15 is 0 Å². The molecule has 1 aliphatic heterocycles. The molecule has 0 spiro atoms. The average Bonchev–Trinajstić information content (AvgIpc) is 2.97. The number of hydrogen-bond acceptors (Lipinski definition) is 3. The number of halogens is 4. The second-order valence-corrected chi connectivity index (χ2v) is 5.05. The average molecular weight is 309 g/mol. The molecule has 1 aromatic heterocycles. The van der Waals surface area contributed by atoms with Crippen molar-refractivity contribution in [3.05, 3.63) is 28.2 Å². The minimum atomic E-state index is -2.78. The number of nitrogens with one attached hydrogen (secondary N) is 1. The maximum absolute atomic E-state index is 13.7. The number of pyridine rings is 1. The van der Waals surface area contributed by atoms with Crippen molar-refractivity contribution in [2.45, 2.75) is 24.5 Å². The van der Waals surface area contributed by atoms with Gasteiger partial charge >= 0.3 is 0 Å². The van der Waals surface area contributed by atoms with Gasteiger partial charge in [-0.05, 0) is 34.5 Å². The third kappa shape index (κ3) is 1.52. The largest absolute Gasteiger partial charge is 0.297 e. The summed E-state index contributed by atoms with van der Waals surface area (Å²) in [5, 5.41) is 0. The first-order valence-electron chi connectivity index (χ1n) is 5.09. The van der Waals surface area contributed by atoms with Gasteiger partial charge in [0.05, 0.1) is 6.10 Å². The summed E-state index contributed by atoms with van der Waals surface area (Å²) in [6.45, 7) is 0. The monoisotopic (exact) mass is 308 g/mol. The van der Waals surface area contributed by atoms with Crippen molar-refractivity contribution < 1.29 is 18.0 Å². The molecule has 17 heavy (non-hydrogen) atoms.